The highest BCUT2D eigenvalue weighted by Crippen LogP contribution is 2.12. The van der Waals surface area contributed by atoms with Crippen molar-refractivity contribution in [2.45, 2.75) is 97.0 Å². The summed E-state index contributed by atoms with van der Waals surface area (Å²) in [4.78, 5) is 10.7. The summed E-state index contributed by atoms with van der Waals surface area (Å²) in [5.74, 6) is -0.894. The molecule has 0 aliphatic heterocycles. The molecule has 0 rings (SSSR count). The molecule has 0 aliphatic rings. The summed E-state index contributed by atoms with van der Waals surface area (Å²) in [7, 11) is 0. The van der Waals surface area contributed by atoms with E-state index >= 15 is 0 Å². The molecular formula is C19H36O3. The van der Waals surface area contributed by atoms with Gasteiger partial charge in [-0.25, -0.2) is 0 Å². The van der Waals surface area contributed by atoms with Gasteiger partial charge < -0.3 is 10.2 Å². The topological polar surface area (TPSA) is 57.5 Å². The van der Waals surface area contributed by atoms with E-state index in [0.29, 0.717) is 0 Å². The third kappa shape index (κ3) is 14.1. The van der Waals surface area contributed by atoms with E-state index in [4.69, 9.17) is 5.11 Å². The Balaban J connectivity index is 3.34. The second kappa shape index (κ2) is 15.1. The molecule has 1 unspecified atom stereocenters. The maximum absolute atomic E-state index is 10.7. The van der Waals surface area contributed by atoms with Crippen molar-refractivity contribution in [2.24, 2.45) is 5.92 Å². The van der Waals surface area contributed by atoms with Crippen molar-refractivity contribution in [3.05, 3.63) is 12.2 Å². The zero-order valence-corrected chi connectivity index (χ0v) is 14.6. The third-order valence-electron chi connectivity index (χ3n) is 4.15. The normalized spacial score (nSPS) is 14.3. The molecule has 130 valence electrons. The fraction of sp³-hybridized carbons (Fsp3) is 0.842. The summed E-state index contributed by atoms with van der Waals surface area (Å²) in [5.41, 5.74) is 0. The van der Waals surface area contributed by atoms with Crippen LogP contribution in [-0.2, 0) is 4.79 Å². The first-order chi connectivity index (χ1) is 10.6. The molecule has 3 heteroatoms. The maximum Gasteiger partial charge on any atom is 0.306 e. The first-order valence-corrected chi connectivity index (χ1v) is 9.13. The molecule has 0 heterocycles. The second-order valence-electron chi connectivity index (χ2n) is 6.44. The summed E-state index contributed by atoms with van der Waals surface area (Å²) in [5, 5.41) is 18.6. The van der Waals surface area contributed by atoms with Gasteiger partial charge in [0.2, 0.25) is 0 Å². The number of unbranched alkanes of at least 4 members (excludes halogenated alkanes) is 7. The molecule has 0 fully saturated rings. The summed E-state index contributed by atoms with van der Waals surface area (Å²) in [6, 6.07) is 0. The Morgan fingerprint density at radius 2 is 1.59 bits per heavy atom. The summed E-state index contributed by atoms with van der Waals surface area (Å²) < 4.78 is 0. The zero-order chi connectivity index (χ0) is 16.6. The lowest BCUT2D eigenvalue weighted by Crippen LogP contribution is -2.08. The summed E-state index contributed by atoms with van der Waals surface area (Å²) in [6.45, 7) is 3.98. The molecule has 0 bridgehead atoms. The van der Waals surface area contributed by atoms with Gasteiger partial charge in [-0.15, -0.1) is 0 Å². The molecule has 0 aromatic carbocycles. The molecule has 0 aromatic rings. The van der Waals surface area contributed by atoms with E-state index in [1.54, 1.807) is 6.92 Å². The van der Waals surface area contributed by atoms with Crippen LogP contribution in [0.1, 0.15) is 90.9 Å². The maximum atomic E-state index is 10.7. The van der Waals surface area contributed by atoms with E-state index in [9.17, 15) is 9.90 Å². The molecule has 0 amide bonds. The summed E-state index contributed by atoms with van der Waals surface area (Å²) in [6.07, 6.45) is 17.0. The van der Waals surface area contributed by atoms with E-state index in [1.165, 1.54) is 19.3 Å². The Morgan fingerprint density at radius 1 is 0.955 bits per heavy atom. The minimum atomic E-state index is -0.684. The van der Waals surface area contributed by atoms with Crippen LogP contribution in [0.15, 0.2) is 12.2 Å². The Morgan fingerprint density at radius 3 is 2.27 bits per heavy atom. The van der Waals surface area contributed by atoms with Crippen molar-refractivity contribution in [1.29, 1.82) is 0 Å². The van der Waals surface area contributed by atoms with E-state index in [2.05, 4.69) is 19.1 Å². The Labute approximate surface area is 136 Å². The van der Waals surface area contributed by atoms with Gasteiger partial charge in [0.05, 0.1) is 12.0 Å². The van der Waals surface area contributed by atoms with E-state index in [1.807, 2.05) is 0 Å². The highest BCUT2D eigenvalue weighted by atomic mass is 16.4. The molecule has 0 aromatic heterocycles. The van der Waals surface area contributed by atoms with Crippen LogP contribution >= 0.6 is 0 Å². The van der Waals surface area contributed by atoms with Gasteiger partial charge in [0.1, 0.15) is 0 Å². The quantitative estimate of drug-likeness (QED) is 0.317. The van der Waals surface area contributed by atoms with Gasteiger partial charge in [-0.2, -0.15) is 0 Å². The minimum absolute atomic E-state index is 0.175. The lowest BCUT2D eigenvalue weighted by Gasteiger charge is -2.07. The SMILES string of the molecule is CCCCCC[C@@H](O)C/C=C\CCCCCCC(C)C(=O)O. The molecule has 0 saturated carbocycles. The lowest BCUT2D eigenvalue weighted by molar-refractivity contribution is -0.141. The van der Waals surface area contributed by atoms with Crippen LogP contribution in [-0.4, -0.2) is 22.3 Å². The Bertz CT molecular complexity index is 286. The van der Waals surface area contributed by atoms with Crippen molar-refractivity contribution in [2.75, 3.05) is 0 Å². The van der Waals surface area contributed by atoms with Crippen molar-refractivity contribution in [1.82, 2.24) is 0 Å². The van der Waals surface area contributed by atoms with Gasteiger partial charge in [0, 0.05) is 0 Å². The van der Waals surface area contributed by atoms with Crippen molar-refractivity contribution >= 4 is 5.97 Å². The molecule has 3 nitrogen and oxygen atoms in total. The minimum Gasteiger partial charge on any atom is -0.481 e. The molecule has 0 radical (unpaired) electrons. The largest absolute Gasteiger partial charge is 0.481 e. The van der Waals surface area contributed by atoms with Crippen molar-refractivity contribution in [3.8, 4) is 0 Å². The predicted molar refractivity (Wildman–Crippen MR) is 93.0 cm³/mol. The number of hydrogen-bond donors (Lipinski definition) is 2. The third-order valence-corrected chi connectivity index (χ3v) is 4.15. The average Bonchev–Trinajstić information content (AvgIpc) is 2.49. The highest BCUT2D eigenvalue weighted by Gasteiger charge is 2.09. The molecule has 22 heavy (non-hydrogen) atoms. The number of allylic oxidation sites excluding steroid dienone is 1. The number of carboxylic acid groups (broad SMARTS) is 1. The second-order valence-corrected chi connectivity index (χ2v) is 6.44. The highest BCUT2D eigenvalue weighted by molar-refractivity contribution is 5.69. The van der Waals surface area contributed by atoms with Gasteiger partial charge >= 0.3 is 5.97 Å². The van der Waals surface area contributed by atoms with E-state index in [0.717, 1.165) is 57.8 Å². The first kappa shape index (κ1) is 21.2. The van der Waals surface area contributed by atoms with Crippen LogP contribution in [0.3, 0.4) is 0 Å². The number of carboxylic acids is 1. The molecule has 2 N–H and O–H groups in total. The van der Waals surface area contributed by atoms with Crippen molar-refractivity contribution < 1.29 is 15.0 Å². The number of aliphatic hydroxyl groups excluding tert-OH is 1. The number of rotatable bonds is 15. The number of carbonyl (C=O) groups is 1. The van der Waals surface area contributed by atoms with Gasteiger partial charge in [-0.05, 0) is 32.1 Å². The fourth-order valence-corrected chi connectivity index (χ4v) is 2.49. The van der Waals surface area contributed by atoms with E-state index in [-0.39, 0.29) is 12.0 Å². The molecule has 0 saturated heterocycles. The van der Waals surface area contributed by atoms with Crippen LogP contribution in [0.2, 0.25) is 0 Å². The van der Waals surface area contributed by atoms with Crippen LogP contribution in [0, 0.1) is 5.92 Å². The average molecular weight is 312 g/mol. The number of hydrogen-bond acceptors (Lipinski definition) is 2. The zero-order valence-electron chi connectivity index (χ0n) is 14.6. The summed E-state index contributed by atoms with van der Waals surface area (Å²) >= 11 is 0. The van der Waals surface area contributed by atoms with Crippen LogP contribution in [0.4, 0.5) is 0 Å². The predicted octanol–water partition coefficient (Wildman–Crippen LogP) is 5.33. The molecule has 0 aliphatic carbocycles. The van der Waals surface area contributed by atoms with Crippen LogP contribution in [0.5, 0.6) is 0 Å². The number of aliphatic hydroxyl groups is 1. The van der Waals surface area contributed by atoms with Gasteiger partial charge in [0.25, 0.3) is 0 Å². The van der Waals surface area contributed by atoms with Gasteiger partial charge in [0.15, 0.2) is 0 Å². The van der Waals surface area contributed by atoms with E-state index < -0.39 is 5.97 Å². The van der Waals surface area contributed by atoms with Crippen LogP contribution in [0.25, 0.3) is 0 Å². The van der Waals surface area contributed by atoms with Crippen LogP contribution < -0.4 is 0 Å². The van der Waals surface area contributed by atoms with Gasteiger partial charge in [-0.1, -0.05) is 70.9 Å². The monoisotopic (exact) mass is 312 g/mol. The van der Waals surface area contributed by atoms with Gasteiger partial charge in [-0.3, -0.25) is 4.79 Å². The Hall–Kier alpha value is -0.830. The van der Waals surface area contributed by atoms with Crippen molar-refractivity contribution in [3.63, 3.8) is 0 Å². The molecule has 0 spiro atoms. The standard InChI is InChI=1S/C19H36O3/c1-3-4-5-12-15-18(20)16-13-10-8-6-7-9-11-14-17(2)19(21)22/h10,13,17-18,20H,3-9,11-12,14-16H2,1-2H3,(H,21,22)/b13-10-/t17?,18-/m1/s1. The number of aliphatic carboxylic acids is 1. The lowest BCUT2D eigenvalue weighted by atomic mass is 10.0. The molecular weight excluding hydrogens is 276 g/mol. The first-order valence-electron chi connectivity index (χ1n) is 9.13. The molecule has 2 atom stereocenters. The Kier molecular flexibility index (Phi) is 14.5. The fourth-order valence-electron chi connectivity index (χ4n) is 2.49. The smallest absolute Gasteiger partial charge is 0.306 e.